The summed E-state index contributed by atoms with van der Waals surface area (Å²) >= 11 is 0. The Bertz CT molecular complexity index is 1100. The summed E-state index contributed by atoms with van der Waals surface area (Å²) in [4.78, 5) is 25.7. The van der Waals surface area contributed by atoms with E-state index < -0.39 is 6.04 Å². The SMILES string of the molecule is Cc1ccc(C(=O)N[C@@H]2C(=O)N/[N+](=C\c3ccccc3C)[C@H]2c2ccccc2)cc1. The van der Waals surface area contributed by atoms with Crippen molar-refractivity contribution in [2.24, 2.45) is 0 Å². The average Bonchev–Trinajstić information content (AvgIpc) is 3.05. The van der Waals surface area contributed by atoms with Gasteiger partial charge in [-0.25, -0.2) is 0 Å². The normalized spacial score (nSPS) is 19.5. The van der Waals surface area contributed by atoms with Crippen LogP contribution in [0.5, 0.6) is 0 Å². The summed E-state index contributed by atoms with van der Waals surface area (Å²) < 4.78 is 1.79. The van der Waals surface area contributed by atoms with Gasteiger partial charge in [0.25, 0.3) is 5.91 Å². The fraction of sp³-hybridized carbons (Fsp3) is 0.160. The number of nitrogens with one attached hydrogen (secondary N) is 2. The van der Waals surface area contributed by atoms with Crippen LogP contribution in [0.2, 0.25) is 0 Å². The number of nitrogens with zero attached hydrogens (tertiary/aromatic N) is 1. The molecule has 150 valence electrons. The first kappa shape index (κ1) is 19.6. The third kappa shape index (κ3) is 4.01. The molecule has 0 radical (unpaired) electrons. The van der Waals surface area contributed by atoms with Gasteiger partial charge >= 0.3 is 5.91 Å². The van der Waals surface area contributed by atoms with Crippen molar-refractivity contribution < 1.29 is 14.3 Å². The van der Waals surface area contributed by atoms with E-state index in [0.717, 1.165) is 22.3 Å². The lowest BCUT2D eigenvalue weighted by Gasteiger charge is -2.15. The van der Waals surface area contributed by atoms with E-state index in [0.29, 0.717) is 5.56 Å². The molecule has 2 atom stereocenters. The van der Waals surface area contributed by atoms with E-state index in [1.54, 1.807) is 16.8 Å². The molecule has 1 aliphatic rings. The lowest BCUT2D eigenvalue weighted by Crippen LogP contribution is -2.42. The van der Waals surface area contributed by atoms with E-state index in [9.17, 15) is 9.59 Å². The molecule has 0 unspecified atom stereocenters. The molecule has 0 aromatic heterocycles. The Balaban J connectivity index is 1.70. The second-order valence-corrected chi connectivity index (χ2v) is 7.54. The highest BCUT2D eigenvalue weighted by Crippen LogP contribution is 2.25. The van der Waals surface area contributed by atoms with Gasteiger partial charge in [-0.15, -0.1) is 10.1 Å². The van der Waals surface area contributed by atoms with Gasteiger partial charge in [0.15, 0.2) is 6.04 Å². The average molecular weight is 398 g/mol. The molecule has 5 heteroatoms. The van der Waals surface area contributed by atoms with Gasteiger partial charge < -0.3 is 5.32 Å². The van der Waals surface area contributed by atoms with Gasteiger partial charge in [-0.2, -0.15) is 0 Å². The Hall–Kier alpha value is -3.73. The lowest BCUT2D eigenvalue weighted by atomic mass is 9.99. The van der Waals surface area contributed by atoms with Gasteiger partial charge in [0.05, 0.1) is 0 Å². The Morgan fingerprint density at radius 2 is 1.60 bits per heavy atom. The molecule has 3 aromatic carbocycles. The first-order valence-corrected chi connectivity index (χ1v) is 9.95. The Labute approximate surface area is 176 Å². The van der Waals surface area contributed by atoms with Gasteiger partial charge in [-0.05, 0) is 37.6 Å². The molecule has 2 amide bonds. The lowest BCUT2D eigenvalue weighted by molar-refractivity contribution is -0.596. The fourth-order valence-corrected chi connectivity index (χ4v) is 3.64. The highest BCUT2D eigenvalue weighted by atomic mass is 16.2. The third-order valence-electron chi connectivity index (χ3n) is 5.35. The third-order valence-corrected chi connectivity index (χ3v) is 5.35. The van der Waals surface area contributed by atoms with E-state index in [-0.39, 0.29) is 17.9 Å². The number of amides is 2. The number of hydrazone groups is 1. The van der Waals surface area contributed by atoms with E-state index in [1.807, 2.05) is 86.8 Å². The Morgan fingerprint density at radius 3 is 2.30 bits per heavy atom. The molecule has 0 aliphatic carbocycles. The summed E-state index contributed by atoms with van der Waals surface area (Å²) in [7, 11) is 0. The molecule has 1 saturated heterocycles. The summed E-state index contributed by atoms with van der Waals surface area (Å²) in [5.41, 5.74) is 7.57. The van der Waals surface area contributed by atoms with Crippen LogP contribution in [0.15, 0.2) is 78.9 Å². The predicted octanol–water partition coefficient (Wildman–Crippen LogP) is 3.32. The number of carbonyl (C=O) groups is 2. The van der Waals surface area contributed by atoms with Gasteiger partial charge in [0.2, 0.25) is 12.3 Å². The first-order chi connectivity index (χ1) is 14.5. The number of carbonyl (C=O) groups excluding carboxylic acids is 2. The maximum absolute atomic E-state index is 12.9. The fourth-order valence-electron chi connectivity index (χ4n) is 3.64. The quantitative estimate of drug-likeness (QED) is 0.663. The van der Waals surface area contributed by atoms with Crippen molar-refractivity contribution in [2.45, 2.75) is 25.9 Å². The maximum atomic E-state index is 12.9. The molecule has 2 N–H and O–H groups in total. The van der Waals surface area contributed by atoms with E-state index in [4.69, 9.17) is 0 Å². The van der Waals surface area contributed by atoms with Crippen LogP contribution in [0.4, 0.5) is 0 Å². The van der Waals surface area contributed by atoms with Crippen molar-refractivity contribution in [3.05, 3.63) is 107 Å². The van der Waals surface area contributed by atoms with Crippen LogP contribution < -0.4 is 10.7 Å². The highest BCUT2D eigenvalue weighted by molar-refractivity contribution is 5.98. The summed E-state index contributed by atoms with van der Waals surface area (Å²) in [6.45, 7) is 3.99. The molecule has 30 heavy (non-hydrogen) atoms. The molecule has 1 aliphatic heterocycles. The number of rotatable bonds is 4. The minimum atomic E-state index is -0.721. The predicted molar refractivity (Wildman–Crippen MR) is 116 cm³/mol. The van der Waals surface area contributed by atoms with Crippen molar-refractivity contribution in [2.75, 3.05) is 0 Å². The standard InChI is InChI=1S/C25H23N3O2/c1-17-12-14-20(15-13-17)24(29)26-22-23(19-9-4-3-5-10-19)28(27-25(22)30)16-21-11-7-6-8-18(21)2/h3-16,22-23H,1-2H3,(H-,26,27,29,30)/p+1/b28-16-/t22-,23-/m0/s1. The number of aryl methyl sites for hydroxylation is 2. The highest BCUT2D eigenvalue weighted by Gasteiger charge is 2.47. The van der Waals surface area contributed by atoms with Gasteiger partial charge in [0, 0.05) is 16.7 Å². The summed E-state index contributed by atoms with van der Waals surface area (Å²) in [5, 5.41) is 2.93. The largest absolute Gasteiger partial charge is 0.334 e. The molecular formula is C25H24N3O2+. The van der Waals surface area contributed by atoms with Crippen molar-refractivity contribution in [1.82, 2.24) is 10.7 Å². The van der Waals surface area contributed by atoms with E-state index >= 15 is 0 Å². The summed E-state index contributed by atoms with van der Waals surface area (Å²) in [6, 6.07) is 23.9. The zero-order valence-electron chi connectivity index (χ0n) is 17.0. The monoisotopic (exact) mass is 398 g/mol. The zero-order valence-corrected chi connectivity index (χ0v) is 17.0. The van der Waals surface area contributed by atoms with Crippen LogP contribution in [0, 0.1) is 13.8 Å². The molecule has 5 nitrogen and oxygen atoms in total. The van der Waals surface area contributed by atoms with Crippen molar-refractivity contribution in [3.63, 3.8) is 0 Å². The molecule has 1 heterocycles. The zero-order chi connectivity index (χ0) is 21.1. The van der Waals surface area contributed by atoms with Gasteiger partial charge in [-0.1, -0.05) is 66.2 Å². The van der Waals surface area contributed by atoms with E-state index in [1.165, 1.54) is 0 Å². The minimum absolute atomic E-state index is 0.242. The molecule has 0 spiro atoms. The Morgan fingerprint density at radius 1 is 0.933 bits per heavy atom. The van der Waals surface area contributed by atoms with Crippen molar-refractivity contribution in [3.8, 4) is 0 Å². The summed E-state index contributed by atoms with van der Waals surface area (Å²) in [5.74, 6) is -0.511. The van der Waals surface area contributed by atoms with Crippen LogP contribution >= 0.6 is 0 Å². The smallest absolute Gasteiger partial charge is 0.304 e. The molecular weight excluding hydrogens is 374 g/mol. The molecule has 1 fully saturated rings. The van der Waals surface area contributed by atoms with Crippen molar-refractivity contribution >= 4 is 18.0 Å². The second kappa shape index (κ2) is 8.33. The van der Waals surface area contributed by atoms with Crippen LogP contribution in [0.1, 0.15) is 38.7 Å². The number of hydrogen-bond donors (Lipinski definition) is 2. The minimum Gasteiger partial charge on any atom is -0.334 e. The van der Waals surface area contributed by atoms with Crippen LogP contribution in [0.25, 0.3) is 0 Å². The number of benzene rings is 3. The molecule has 4 rings (SSSR count). The van der Waals surface area contributed by atoms with Crippen LogP contribution in [-0.4, -0.2) is 28.8 Å². The van der Waals surface area contributed by atoms with E-state index in [2.05, 4.69) is 10.7 Å². The first-order valence-electron chi connectivity index (χ1n) is 9.95. The van der Waals surface area contributed by atoms with Crippen LogP contribution in [-0.2, 0) is 4.79 Å². The van der Waals surface area contributed by atoms with Gasteiger partial charge in [0.1, 0.15) is 0 Å². The Kier molecular flexibility index (Phi) is 5.44. The maximum Gasteiger partial charge on any atom is 0.304 e. The van der Waals surface area contributed by atoms with Crippen LogP contribution in [0.3, 0.4) is 0 Å². The van der Waals surface area contributed by atoms with Crippen molar-refractivity contribution in [1.29, 1.82) is 0 Å². The molecule has 3 aromatic rings. The topological polar surface area (TPSA) is 61.2 Å². The number of hydrazine groups is 1. The molecule has 0 saturated carbocycles. The van der Waals surface area contributed by atoms with Gasteiger partial charge in [-0.3, -0.25) is 9.59 Å². The summed E-state index contributed by atoms with van der Waals surface area (Å²) in [6.07, 6.45) is 1.92. The second-order valence-electron chi connectivity index (χ2n) is 7.54. The molecule has 0 bridgehead atoms. The number of hydrogen-bond acceptors (Lipinski definition) is 2.